The highest BCUT2D eigenvalue weighted by atomic mass is 35.5. The summed E-state index contributed by atoms with van der Waals surface area (Å²) in [6, 6.07) is 13.3. The van der Waals surface area contributed by atoms with E-state index < -0.39 is 5.91 Å². The fraction of sp³-hybridized carbons (Fsp3) is 0.261. The number of nitrogens with zero attached hydrogens (tertiary/aromatic N) is 2. The number of benzene rings is 1. The lowest BCUT2D eigenvalue weighted by atomic mass is 9.90. The molecule has 0 aliphatic carbocycles. The van der Waals surface area contributed by atoms with Crippen molar-refractivity contribution < 1.29 is 19.5 Å². The maximum Gasteiger partial charge on any atom is 0.267 e. The Labute approximate surface area is 187 Å². The van der Waals surface area contributed by atoms with E-state index in [0.717, 1.165) is 25.1 Å². The first-order valence-electron chi connectivity index (χ1n) is 9.79. The van der Waals surface area contributed by atoms with Gasteiger partial charge >= 0.3 is 0 Å². The summed E-state index contributed by atoms with van der Waals surface area (Å²) < 4.78 is 5.32. The standard InChI is InChI=1S/C23H25N3O4.ClH/c1-30-21-9-2-5-17(15-21)18-6-4-14-26(16-18)23(28)13-11-20-8-3-7-19(24-20)10-12-22(27)25-29;/h2-3,5,7-13,15,18,29H,4,6,14,16H2,1H3,(H,25,27);1H. The fourth-order valence-corrected chi connectivity index (χ4v) is 3.46. The van der Waals surface area contributed by atoms with E-state index in [4.69, 9.17) is 9.94 Å². The number of amides is 2. The molecule has 7 nitrogen and oxygen atoms in total. The number of pyridine rings is 1. The predicted molar refractivity (Wildman–Crippen MR) is 121 cm³/mol. The van der Waals surface area contributed by atoms with Crippen LogP contribution in [0.5, 0.6) is 5.75 Å². The number of piperidine rings is 1. The summed E-state index contributed by atoms with van der Waals surface area (Å²) in [5.41, 5.74) is 3.86. The largest absolute Gasteiger partial charge is 0.497 e. The Morgan fingerprint density at radius 3 is 2.58 bits per heavy atom. The van der Waals surface area contributed by atoms with Crippen LogP contribution in [0.1, 0.15) is 35.7 Å². The zero-order valence-electron chi connectivity index (χ0n) is 17.2. The minimum Gasteiger partial charge on any atom is -0.497 e. The van der Waals surface area contributed by atoms with Gasteiger partial charge in [-0.3, -0.25) is 14.8 Å². The lowest BCUT2D eigenvalue weighted by Crippen LogP contribution is -2.38. The number of halogens is 1. The molecule has 0 saturated carbocycles. The highest BCUT2D eigenvalue weighted by Crippen LogP contribution is 2.29. The van der Waals surface area contributed by atoms with Crippen LogP contribution in [0.4, 0.5) is 0 Å². The molecule has 1 aromatic carbocycles. The third-order valence-corrected chi connectivity index (χ3v) is 5.00. The van der Waals surface area contributed by atoms with Gasteiger partial charge in [0.2, 0.25) is 5.91 Å². The highest BCUT2D eigenvalue weighted by Gasteiger charge is 2.23. The summed E-state index contributed by atoms with van der Waals surface area (Å²) in [4.78, 5) is 30.0. The molecule has 1 saturated heterocycles. The number of nitrogens with one attached hydrogen (secondary N) is 1. The summed E-state index contributed by atoms with van der Waals surface area (Å²) in [6.07, 6.45) is 7.84. The van der Waals surface area contributed by atoms with E-state index in [2.05, 4.69) is 11.1 Å². The first-order chi connectivity index (χ1) is 14.6. The average molecular weight is 444 g/mol. The molecule has 1 aliphatic heterocycles. The summed E-state index contributed by atoms with van der Waals surface area (Å²) in [7, 11) is 1.65. The van der Waals surface area contributed by atoms with Gasteiger partial charge in [-0.15, -0.1) is 12.4 Å². The van der Waals surface area contributed by atoms with Gasteiger partial charge in [-0.1, -0.05) is 18.2 Å². The number of hydrogen-bond donors (Lipinski definition) is 2. The van der Waals surface area contributed by atoms with Crippen molar-refractivity contribution >= 4 is 36.4 Å². The van der Waals surface area contributed by atoms with E-state index in [-0.39, 0.29) is 24.2 Å². The van der Waals surface area contributed by atoms with E-state index in [9.17, 15) is 9.59 Å². The van der Waals surface area contributed by atoms with Crippen LogP contribution in [0.2, 0.25) is 0 Å². The molecular weight excluding hydrogens is 418 g/mol. The molecule has 1 fully saturated rings. The molecule has 0 bridgehead atoms. The topological polar surface area (TPSA) is 91.8 Å². The minimum absolute atomic E-state index is 0. The SMILES string of the molecule is COc1cccc(C2CCCN(C(=O)C=Cc3cccc(C=CC(=O)NO)n3)C2)c1.Cl. The first kappa shape index (κ1) is 24.1. The molecule has 3 rings (SSSR count). The second-order valence-electron chi connectivity index (χ2n) is 7.03. The number of aromatic nitrogens is 1. The lowest BCUT2D eigenvalue weighted by Gasteiger charge is -2.32. The molecule has 1 aromatic heterocycles. The van der Waals surface area contributed by atoms with Crippen LogP contribution in [0, 0.1) is 0 Å². The number of hydroxylamine groups is 1. The summed E-state index contributed by atoms with van der Waals surface area (Å²) in [5.74, 6) is 0.427. The smallest absolute Gasteiger partial charge is 0.267 e. The fourth-order valence-electron chi connectivity index (χ4n) is 3.46. The van der Waals surface area contributed by atoms with Crippen LogP contribution in [0.3, 0.4) is 0 Å². The van der Waals surface area contributed by atoms with E-state index in [1.165, 1.54) is 29.3 Å². The second-order valence-corrected chi connectivity index (χ2v) is 7.03. The molecular formula is C23H26ClN3O4. The zero-order valence-corrected chi connectivity index (χ0v) is 18.0. The van der Waals surface area contributed by atoms with Crippen molar-refractivity contribution in [2.24, 2.45) is 0 Å². The number of carbonyl (C=O) groups is 2. The van der Waals surface area contributed by atoms with Crippen molar-refractivity contribution in [3.05, 3.63) is 71.6 Å². The summed E-state index contributed by atoms with van der Waals surface area (Å²) >= 11 is 0. The van der Waals surface area contributed by atoms with Crippen LogP contribution >= 0.6 is 12.4 Å². The molecule has 1 aliphatic rings. The van der Waals surface area contributed by atoms with Gasteiger partial charge in [0.05, 0.1) is 18.5 Å². The number of hydrogen-bond acceptors (Lipinski definition) is 5. The van der Waals surface area contributed by atoms with E-state index >= 15 is 0 Å². The van der Waals surface area contributed by atoms with E-state index in [1.54, 1.807) is 31.4 Å². The normalized spacial score (nSPS) is 16.2. The molecule has 2 heterocycles. The van der Waals surface area contributed by atoms with Gasteiger partial charge < -0.3 is 9.64 Å². The lowest BCUT2D eigenvalue weighted by molar-refractivity contribution is -0.127. The second kappa shape index (κ2) is 11.9. The molecule has 8 heteroatoms. The molecule has 164 valence electrons. The van der Waals surface area contributed by atoms with Crippen LogP contribution in [0.25, 0.3) is 12.2 Å². The van der Waals surface area contributed by atoms with Crippen LogP contribution < -0.4 is 10.2 Å². The third-order valence-electron chi connectivity index (χ3n) is 5.00. The quantitative estimate of drug-likeness (QED) is 0.405. The van der Waals surface area contributed by atoms with Crippen molar-refractivity contribution in [2.75, 3.05) is 20.2 Å². The van der Waals surface area contributed by atoms with Gasteiger partial charge in [-0.05, 0) is 54.8 Å². The Morgan fingerprint density at radius 1 is 1.16 bits per heavy atom. The van der Waals surface area contributed by atoms with Crippen LogP contribution in [0.15, 0.2) is 54.6 Å². The molecule has 0 radical (unpaired) electrons. The van der Waals surface area contributed by atoms with E-state index in [0.29, 0.717) is 17.9 Å². The summed E-state index contributed by atoms with van der Waals surface area (Å²) in [5, 5.41) is 8.52. The zero-order chi connectivity index (χ0) is 21.3. The van der Waals surface area contributed by atoms with E-state index in [1.807, 2.05) is 23.1 Å². The van der Waals surface area contributed by atoms with Gasteiger partial charge in [-0.25, -0.2) is 10.5 Å². The third kappa shape index (κ3) is 6.94. The first-order valence-corrected chi connectivity index (χ1v) is 9.79. The maximum absolute atomic E-state index is 12.7. The predicted octanol–water partition coefficient (Wildman–Crippen LogP) is 3.45. The van der Waals surface area contributed by atoms with Crippen molar-refractivity contribution in [3.63, 3.8) is 0 Å². The molecule has 1 unspecified atom stereocenters. The molecule has 2 aromatic rings. The van der Waals surface area contributed by atoms with Crippen molar-refractivity contribution in [3.8, 4) is 5.75 Å². The number of ether oxygens (including phenoxy) is 1. The molecule has 0 spiro atoms. The average Bonchev–Trinajstić information content (AvgIpc) is 2.81. The van der Waals surface area contributed by atoms with Crippen LogP contribution in [-0.2, 0) is 9.59 Å². The molecule has 2 amide bonds. The monoisotopic (exact) mass is 443 g/mol. The van der Waals surface area contributed by atoms with Gasteiger partial charge in [0.25, 0.3) is 5.91 Å². The maximum atomic E-state index is 12.7. The van der Waals surface area contributed by atoms with Crippen molar-refractivity contribution in [2.45, 2.75) is 18.8 Å². The number of rotatable bonds is 6. The van der Waals surface area contributed by atoms with Crippen molar-refractivity contribution in [1.29, 1.82) is 0 Å². The Kier molecular flexibility index (Phi) is 9.24. The van der Waals surface area contributed by atoms with Gasteiger partial charge in [-0.2, -0.15) is 0 Å². The Hall–Kier alpha value is -3.16. The van der Waals surface area contributed by atoms with Crippen LogP contribution in [-0.4, -0.2) is 47.1 Å². The van der Waals surface area contributed by atoms with Crippen molar-refractivity contribution in [1.82, 2.24) is 15.4 Å². The Bertz CT molecular complexity index is 961. The molecule has 2 N–H and O–H groups in total. The van der Waals surface area contributed by atoms with Gasteiger partial charge in [0.1, 0.15) is 5.75 Å². The van der Waals surface area contributed by atoms with Gasteiger partial charge in [0, 0.05) is 31.2 Å². The number of methoxy groups -OCH3 is 1. The Balaban J connectivity index is 0.00000341. The minimum atomic E-state index is -0.636. The molecule has 1 atom stereocenters. The summed E-state index contributed by atoms with van der Waals surface area (Å²) in [6.45, 7) is 1.40. The van der Waals surface area contributed by atoms with Gasteiger partial charge in [0.15, 0.2) is 0 Å². The Morgan fingerprint density at radius 2 is 1.87 bits per heavy atom. The number of carbonyl (C=O) groups excluding carboxylic acids is 2. The highest BCUT2D eigenvalue weighted by molar-refractivity contribution is 5.92. The number of likely N-dealkylation sites (tertiary alicyclic amines) is 1. The molecule has 31 heavy (non-hydrogen) atoms.